The van der Waals surface area contributed by atoms with Crippen LogP contribution in [-0.4, -0.2) is 22.3 Å². The summed E-state index contributed by atoms with van der Waals surface area (Å²) in [6.45, 7) is 3.02. The van der Waals surface area contributed by atoms with E-state index in [1.165, 1.54) is 56.4 Å². The van der Waals surface area contributed by atoms with Crippen molar-refractivity contribution in [2.75, 3.05) is 17.6 Å². The van der Waals surface area contributed by atoms with Gasteiger partial charge in [-0.05, 0) is 54.3 Å². The molecule has 1 aliphatic carbocycles. The predicted molar refractivity (Wildman–Crippen MR) is 94.2 cm³/mol. The lowest BCUT2D eigenvalue weighted by Crippen LogP contribution is -2.13. The molecule has 1 aromatic rings. The van der Waals surface area contributed by atoms with Gasteiger partial charge < -0.3 is 5.32 Å². The van der Waals surface area contributed by atoms with Gasteiger partial charge in [-0.3, -0.25) is 0 Å². The first-order valence-electron chi connectivity index (χ1n) is 8.22. The number of nitrogens with zero attached hydrogens (tertiary/aromatic N) is 2. The number of rotatable bonds is 4. The van der Waals surface area contributed by atoms with Crippen molar-refractivity contribution in [1.82, 2.24) is 9.97 Å². The standard InChI is InChI=1S/C16H24BrN3S/c1-2-18-16-13(17)14(11-7-3-4-8-11)19-15(20-16)12-9-5-6-10-21-12/h11-12H,2-10H2,1H3,(H,18,19,20). The molecule has 3 rings (SSSR count). The lowest BCUT2D eigenvalue weighted by atomic mass is 10.0. The van der Waals surface area contributed by atoms with Gasteiger partial charge in [0, 0.05) is 12.5 Å². The van der Waals surface area contributed by atoms with Gasteiger partial charge in [-0.1, -0.05) is 19.3 Å². The molecule has 1 unspecified atom stereocenters. The van der Waals surface area contributed by atoms with Gasteiger partial charge in [-0.15, -0.1) is 0 Å². The molecule has 2 fully saturated rings. The van der Waals surface area contributed by atoms with Crippen LogP contribution in [0.4, 0.5) is 5.82 Å². The van der Waals surface area contributed by atoms with Gasteiger partial charge in [0.1, 0.15) is 11.6 Å². The van der Waals surface area contributed by atoms with E-state index in [1.807, 2.05) is 11.8 Å². The number of hydrogen-bond acceptors (Lipinski definition) is 4. The van der Waals surface area contributed by atoms with Gasteiger partial charge in [0.15, 0.2) is 0 Å². The van der Waals surface area contributed by atoms with Crippen molar-refractivity contribution in [2.24, 2.45) is 0 Å². The molecule has 0 spiro atoms. The molecule has 5 heteroatoms. The largest absolute Gasteiger partial charge is 0.369 e. The summed E-state index contributed by atoms with van der Waals surface area (Å²) >= 11 is 5.79. The monoisotopic (exact) mass is 369 g/mol. The van der Waals surface area contributed by atoms with Crippen LogP contribution in [0.2, 0.25) is 0 Å². The van der Waals surface area contributed by atoms with E-state index in [0.29, 0.717) is 11.2 Å². The number of nitrogens with one attached hydrogen (secondary N) is 1. The number of aromatic nitrogens is 2. The first-order valence-corrected chi connectivity index (χ1v) is 10.1. The van der Waals surface area contributed by atoms with Crippen LogP contribution in [0.5, 0.6) is 0 Å². The molecule has 1 N–H and O–H groups in total. The molecule has 1 aromatic heterocycles. The molecule has 3 nitrogen and oxygen atoms in total. The fraction of sp³-hybridized carbons (Fsp3) is 0.750. The Morgan fingerprint density at radius 3 is 2.57 bits per heavy atom. The van der Waals surface area contributed by atoms with E-state index in [1.54, 1.807) is 0 Å². The maximum absolute atomic E-state index is 5.00. The van der Waals surface area contributed by atoms with Gasteiger partial charge >= 0.3 is 0 Å². The first-order chi connectivity index (χ1) is 10.3. The minimum absolute atomic E-state index is 0.490. The highest BCUT2D eigenvalue weighted by atomic mass is 79.9. The Balaban J connectivity index is 1.94. The van der Waals surface area contributed by atoms with Crippen molar-refractivity contribution >= 4 is 33.5 Å². The van der Waals surface area contributed by atoms with Gasteiger partial charge in [0.2, 0.25) is 0 Å². The van der Waals surface area contributed by atoms with Gasteiger partial charge in [0.05, 0.1) is 15.4 Å². The molecule has 0 bridgehead atoms. The third-order valence-electron chi connectivity index (χ3n) is 4.45. The van der Waals surface area contributed by atoms with Gasteiger partial charge in [-0.2, -0.15) is 11.8 Å². The molecule has 1 saturated carbocycles. The molecule has 116 valence electrons. The normalized spacial score (nSPS) is 23.4. The minimum atomic E-state index is 0.490. The van der Waals surface area contributed by atoms with Crippen LogP contribution in [-0.2, 0) is 0 Å². The molecule has 1 saturated heterocycles. The fourth-order valence-electron chi connectivity index (χ4n) is 3.33. The number of halogens is 1. The third-order valence-corrected chi connectivity index (χ3v) is 6.60. The van der Waals surface area contributed by atoms with Crippen molar-refractivity contribution in [3.8, 4) is 0 Å². The Morgan fingerprint density at radius 1 is 1.14 bits per heavy atom. The van der Waals surface area contributed by atoms with E-state index in [4.69, 9.17) is 9.97 Å². The summed E-state index contributed by atoms with van der Waals surface area (Å²) in [6.07, 6.45) is 9.11. The predicted octanol–water partition coefficient (Wildman–Crippen LogP) is 5.29. The molecule has 0 radical (unpaired) electrons. The lowest BCUT2D eigenvalue weighted by Gasteiger charge is -2.23. The van der Waals surface area contributed by atoms with Crippen molar-refractivity contribution in [3.05, 3.63) is 16.0 Å². The molecule has 1 atom stereocenters. The summed E-state index contributed by atoms with van der Waals surface area (Å²) in [5.74, 6) is 3.92. The summed E-state index contributed by atoms with van der Waals surface area (Å²) in [5.41, 5.74) is 1.25. The Bertz CT molecular complexity index is 483. The molecule has 2 aliphatic rings. The SMILES string of the molecule is CCNc1nc(C2CCCCS2)nc(C2CCCC2)c1Br. The molecule has 0 amide bonds. The Kier molecular flexibility index (Phi) is 5.43. The zero-order valence-electron chi connectivity index (χ0n) is 12.7. The zero-order chi connectivity index (χ0) is 14.7. The van der Waals surface area contributed by atoms with E-state index < -0.39 is 0 Å². The number of anilines is 1. The highest BCUT2D eigenvalue weighted by molar-refractivity contribution is 9.10. The molecule has 0 aromatic carbocycles. The van der Waals surface area contributed by atoms with Gasteiger partial charge in [0.25, 0.3) is 0 Å². The average molecular weight is 370 g/mol. The number of thioether (sulfide) groups is 1. The molecular weight excluding hydrogens is 346 g/mol. The zero-order valence-corrected chi connectivity index (χ0v) is 15.1. The summed E-state index contributed by atoms with van der Waals surface area (Å²) in [7, 11) is 0. The van der Waals surface area contributed by atoms with Crippen LogP contribution in [0.25, 0.3) is 0 Å². The topological polar surface area (TPSA) is 37.8 Å². The van der Waals surface area contributed by atoms with Crippen LogP contribution >= 0.6 is 27.7 Å². The average Bonchev–Trinajstić information content (AvgIpc) is 3.04. The second-order valence-electron chi connectivity index (χ2n) is 6.00. The minimum Gasteiger partial charge on any atom is -0.369 e. The summed E-state index contributed by atoms with van der Waals surface area (Å²) in [4.78, 5) is 9.83. The highest BCUT2D eigenvalue weighted by Gasteiger charge is 2.26. The van der Waals surface area contributed by atoms with E-state index in [-0.39, 0.29) is 0 Å². The maximum Gasteiger partial charge on any atom is 0.144 e. The third kappa shape index (κ3) is 3.55. The lowest BCUT2D eigenvalue weighted by molar-refractivity contribution is 0.639. The van der Waals surface area contributed by atoms with E-state index >= 15 is 0 Å². The molecule has 1 aliphatic heterocycles. The second kappa shape index (κ2) is 7.32. The smallest absolute Gasteiger partial charge is 0.144 e. The number of hydrogen-bond donors (Lipinski definition) is 1. The van der Waals surface area contributed by atoms with Crippen molar-refractivity contribution in [3.63, 3.8) is 0 Å². The van der Waals surface area contributed by atoms with E-state index in [2.05, 4.69) is 28.2 Å². The van der Waals surface area contributed by atoms with E-state index in [9.17, 15) is 0 Å². The Hall–Kier alpha value is -0.290. The molecule has 2 heterocycles. The summed E-state index contributed by atoms with van der Waals surface area (Å²) in [5, 5.41) is 3.90. The summed E-state index contributed by atoms with van der Waals surface area (Å²) in [6, 6.07) is 0. The maximum atomic E-state index is 5.00. The fourth-order valence-corrected chi connectivity index (χ4v) is 5.21. The molecule has 21 heavy (non-hydrogen) atoms. The summed E-state index contributed by atoms with van der Waals surface area (Å²) < 4.78 is 1.10. The Morgan fingerprint density at radius 2 is 1.90 bits per heavy atom. The van der Waals surface area contributed by atoms with Crippen LogP contribution in [0.15, 0.2) is 4.47 Å². The first kappa shape index (κ1) is 15.6. The van der Waals surface area contributed by atoms with Crippen LogP contribution in [0, 0.1) is 0 Å². The van der Waals surface area contributed by atoms with Crippen molar-refractivity contribution in [2.45, 2.75) is 63.0 Å². The van der Waals surface area contributed by atoms with Crippen LogP contribution in [0.3, 0.4) is 0 Å². The van der Waals surface area contributed by atoms with Crippen LogP contribution < -0.4 is 5.32 Å². The Labute approximate surface area is 140 Å². The van der Waals surface area contributed by atoms with E-state index in [0.717, 1.165) is 22.7 Å². The van der Waals surface area contributed by atoms with Crippen LogP contribution in [0.1, 0.15) is 74.6 Å². The van der Waals surface area contributed by atoms with Crippen molar-refractivity contribution in [1.29, 1.82) is 0 Å². The quantitative estimate of drug-likeness (QED) is 0.782. The van der Waals surface area contributed by atoms with Crippen molar-refractivity contribution < 1.29 is 0 Å². The van der Waals surface area contributed by atoms with Gasteiger partial charge in [-0.25, -0.2) is 9.97 Å². The highest BCUT2D eigenvalue weighted by Crippen LogP contribution is 2.42. The second-order valence-corrected chi connectivity index (χ2v) is 8.10. The molecular formula is C16H24BrN3S.